The molecule has 0 fully saturated rings. The van der Waals surface area contributed by atoms with E-state index in [-0.39, 0.29) is 30.8 Å². The molecule has 0 saturated heterocycles. The molecule has 0 spiro atoms. The van der Waals surface area contributed by atoms with Crippen molar-refractivity contribution in [2.75, 3.05) is 0 Å². The van der Waals surface area contributed by atoms with E-state index < -0.39 is 23.8 Å². The minimum absolute atomic E-state index is 0.0974. The van der Waals surface area contributed by atoms with E-state index in [1.54, 1.807) is 25.7 Å². The zero-order valence-electron chi connectivity index (χ0n) is 25.0. The van der Waals surface area contributed by atoms with E-state index in [1.165, 1.54) is 5.56 Å². The van der Waals surface area contributed by atoms with E-state index in [1.807, 2.05) is 67.6 Å². The molecular formula is C35H41N3O4. The number of nitrogens with zero attached hydrogens (tertiary/aromatic N) is 1. The standard InChI is InChI=1S/C35H41N3O4/c1-23-16-18-24(19-17-23)20-30(37-34(41)42-35(2,3)4)33(40)38-22-27-12-6-5-11-26(27)21-31(38)32(39)36-29-15-9-13-25-10-7-8-14-28(25)29/h5-8,10-12,14,16-19,29-31H,9,13,15,20-22H2,1-4H3,(H,36,39)(H,37,41)/t29-,30+,31?/m1/s1. The highest BCUT2D eigenvalue weighted by atomic mass is 16.6. The number of aryl methyl sites for hydroxylation is 2. The number of carbonyl (C=O) groups excluding carboxylic acids is 3. The van der Waals surface area contributed by atoms with Crippen molar-refractivity contribution in [1.29, 1.82) is 0 Å². The maximum atomic E-state index is 14.4. The monoisotopic (exact) mass is 567 g/mol. The van der Waals surface area contributed by atoms with Crippen LogP contribution < -0.4 is 10.6 Å². The molecule has 1 heterocycles. The van der Waals surface area contributed by atoms with Crippen LogP contribution in [-0.2, 0) is 40.1 Å². The highest BCUT2D eigenvalue weighted by Gasteiger charge is 2.39. The molecule has 7 heteroatoms. The van der Waals surface area contributed by atoms with Gasteiger partial charge in [0, 0.05) is 19.4 Å². The Morgan fingerprint density at radius 1 is 0.929 bits per heavy atom. The number of carbonyl (C=O) groups is 3. The summed E-state index contributed by atoms with van der Waals surface area (Å²) in [5, 5.41) is 6.11. The highest BCUT2D eigenvalue weighted by molar-refractivity contribution is 5.92. The first-order valence-electron chi connectivity index (χ1n) is 14.9. The van der Waals surface area contributed by atoms with Gasteiger partial charge in [-0.2, -0.15) is 0 Å². The number of hydrogen-bond acceptors (Lipinski definition) is 4. The zero-order chi connectivity index (χ0) is 29.9. The van der Waals surface area contributed by atoms with Crippen LogP contribution in [0.2, 0.25) is 0 Å². The lowest BCUT2D eigenvalue weighted by Gasteiger charge is -2.39. The molecule has 3 amide bonds. The third-order valence-electron chi connectivity index (χ3n) is 8.07. The number of amides is 3. The molecule has 3 aromatic carbocycles. The Morgan fingerprint density at radius 2 is 1.60 bits per heavy atom. The Morgan fingerprint density at radius 3 is 2.31 bits per heavy atom. The van der Waals surface area contributed by atoms with Crippen molar-refractivity contribution in [3.8, 4) is 0 Å². The predicted octanol–water partition coefficient (Wildman–Crippen LogP) is 5.58. The Hall–Kier alpha value is -4.13. The maximum Gasteiger partial charge on any atom is 0.408 e. The van der Waals surface area contributed by atoms with Gasteiger partial charge in [0.05, 0.1) is 6.04 Å². The smallest absolute Gasteiger partial charge is 0.408 e. The van der Waals surface area contributed by atoms with E-state index in [0.29, 0.717) is 6.42 Å². The summed E-state index contributed by atoms with van der Waals surface area (Å²) in [6.07, 6.45) is 2.88. The quantitative estimate of drug-likeness (QED) is 0.407. The molecule has 1 unspecified atom stereocenters. The molecule has 0 aromatic heterocycles. The molecule has 2 N–H and O–H groups in total. The van der Waals surface area contributed by atoms with Crippen LogP contribution >= 0.6 is 0 Å². The average molecular weight is 568 g/mol. The second-order valence-corrected chi connectivity index (χ2v) is 12.5. The van der Waals surface area contributed by atoms with Crippen molar-refractivity contribution in [2.45, 2.75) is 90.1 Å². The number of benzene rings is 3. The Bertz CT molecular complexity index is 1440. The Balaban J connectivity index is 1.43. The molecule has 220 valence electrons. The summed E-state index contributed by atoms with van der Waals surface area (Å²) in [5.74, 6) is -0.481. The summed E-state index contributed by atoms with van der Waals surface area (Å²) in [4.78, 5) is 42.9. The number of alkyl carbamates (subject to hydrolysis) is 1. The number of ether oxygens (including phenoxy) is 1. The number of nitrogens with one attached hydrogen (secondary N) is 2. The molecule has 1 aliphatic carbocycles. The molecule has 1 aliphatic heterocycles. The molecule has 0 saturated carbocycles. The van der Waals surface area contributed by atoms with Crippen LogP contribution in [0.4, 0.5) is 4.79 Å². The van der Waals surface area contributed by atoms with Crippen LogP contribution in [-0.4, -0.2) is 40.5 Å². The van der Waals surface area contributed by atoms with Crippen LogP contribution in [0.25, 0.3) is 0 Å². The van der Waals surface area contributed by atoms with Crippen LogP contribution in [0, 0.1) is 6.92 Å². The molecule has 0 bridgehead atoms. The van der Waals surface area contributed by atoms with Crippen molar-refractivity contribution >= 4 is 17.9 Å². The van der Waals surface area contributed by atoms with Crippen LogP contribution in [0.1, 0.15) is 73.0 Å². The SMILES string of the molecule is Cc1ccc(C[C@H](NC(=O)OC(C)(C)C)C(=O)N2Cc3ccccc3CC2C(=O)N[C@@H]2CCCc3ccccc32)cc1. The van der Waals surface area contributed by atoms with Crippen molar-refractivity contribution in [3.05, 3.63) is 106 Å². The minimum Gasteiger partial charge on any atom is -0.444 e. The lowest BCUT2D eigenvalue weighted by molar-refractivity contribution is -0.143. The largest absolute Gasteiger partial charge is 0.444 e. The lowest BCUT2D eigenvalue weighted by Crippen LogP contribution is -2.58. The second kappa shape index (κ2) is 12.4. The fraction of sp³-hybridized carbons (Fsp3) is 0.400. The van der Waals surface area contributed by atoms with Gasteiger partial charge in [0.2, 0.25) is 11.8 Å². The first-order chi connectivity index (χ1) is 20.1. The van der Waals surface area contributed by atoms with Crippen LogP contribution in [0.5, 0.6) is 0 Å². The van der Waals surface area contributed by atoms with Crippen molar-refractivity contribution in [3.63, 3.8) is 0 Å². The van der Waals surface area contributed by atoms with Gasteiger partial charge in [0.25, 0.3) is 0 Å². The Kier molecular flexibility index (Phi) is 8.66. The molecule has 2 aliphatic rings. The van der Waals surface area contributed by atoms with E-state index in [0.717, 1.165) is 47.1 Å². The van der Waals surface area contributed by atoms with Gasteiger partial charge in [-0.05, 0) is 74.8 Å². The molecule has 5 rings (SSSR count). The summed E-state index contributed by atoms with van der Waals surface area (Å²) in [6, 6.07) is 22.4. The van der Waals surface area contributed by atoms with Gasteiger partial charge in [-0.15, -0.1) is 0 Å². The maximum absolute atomic E-state index is 14.4. The molecule has 42 heavy (non-hydrogen) atoms. The fourth-order valence-electron chi connectivity index (χ4n) is 5.97. The Labute approximate surface area is 248 Å². The van der Waals surface area contributed by atoms with E-state index in [2.05, 4.69) is 22.8 Å². The predicted molar refractivity (Wildman–Crippen MR) is 163 cm³/mol. The first-order valence-corrected chi connectivity index (χ1v) is 14.9. The minimum atomic E-state index is -0.904. The molecule has 3 atom stereocenters. The van der Waals surface area contributed by atoms with Gasteiger partial charge in [0.1, 0.15) is 17.7 Å². The summed E-state index contributed by atoms with van der Waals surface area (Å²) < 4.78 is 5.53. The van der Waals surface area contributed by atoms with Crippen molar-refractivity contribution < 1.29 is 19.1 Å². The number of fused-ring (bicyclic) bond motifs is 2. The normalized spacial score (nSPS) is 18.7. The molecule has 0 radical (unpaired) electrons. The summed E-state index contributed by atoms with van der Waals surface area (Å²) in [7, 11) is 0. The summed E-state index contributed by atoms with van der Waals surface area (Å²) >= 11 is 0. The topological polar surface area (TPSA) is 87.7 Å². The van der Waals surface area contributed by atoms with Gasteiger partial charge in [0.15, 0.2) is 0 Å². The highest BCUT2D eigenvalue weighted by Crippen LogP contribution is 2.31. The second-order valence-electron chi connectivity index (χ2n) is 12.5. The van der Waals surface area contributed by atoms with Crippen molar-refractivity contribution in [1.82, 2.24) is 15.5 Å². The molecule has 7 nitrogen and oxygen atoms in total. The molecular weight excluding hydrogens is 526 g/mol. The average Bonchev–Trinajstić information content (AvgIpc) is 2.96. The third kappa shape index (κ3) is 7.01. The van der Waals surface area contributed by atoms with Crippen LogP contribution in [0.3, 0.4) is 0 Å². The lowest BCUT2D eigenvalue weighted by atomic mass is 9.87. The van der Waals surface area contributed by atoms with Gasteiger partial charge in [-0.25, -0.2) is 4.79 Å². The fourth-order valence-corrected chi connectivity index (χ4v) is 5.97. The molecule has 3 aromatic rings. The van der Waals surface area contributed by atoms with Gasteiger partial charge in [-0.3, -0.25) is 9.59 Å². The van der Waals surface area contributed by atoms with Gasteiger partial charge < -0.3 is 20.3 Å². The van der Waals surface area contributed by atoms with Gasteiger partial charge in [-0.1, -0.05) is 78.4 Å². The number of hydrogen-bond donors (Lipinski definition) is 2. The van der Waals surface area contributed by atoms with Crippen LogP contribution in [0.15, 0.2) is 72.8 Å². The summed E-state index contributed by atoms with van der Waals surface area (Å²) in [5.41, 5.74) is 5.77. The van der Waals surface area contributed by atoms with Crippen molar-refractivity contribution in [2.24, 2.45) is 0 Å². The van der Waals surface area contributed by atoms with E-state index in [4.69, 9.17) is 4.74 Å². The zero-order valence-corrected chi connectivity index (χ0v) is 25.0. The first kappa shape index (κ1) is 29.4. The van der Waals surface area contributed by atoms with E-state index >= 15 is 0 Å². The van der Waals surface area contributed by atoms with Gasteiger partial charge >= 0.3 is 6.09 Å². The number of rotatable bonds is 6. The summed E-state index contributed by atoms with van der Waals surface area (Å²) in [6.45, 7) is 7.65. The third-order valence-corrected chi connectivity index (χ3v) is 8.07. The van der Waals surface area contributed by atoms with E-state index in [9.17, 15) is 14.4 Å².